The molecule has 0 saturated heterocycles. The molecule has 0 amide bonds. The Balaban J connectivity index is 1.99. The summed E-state index contributed by atoms with van der Waals surface area (Å²) in [6.07, 6.45) is 5.92. The Hall–Kier alpha value is -2.40. The van der Waals surface area contributed by atoms with E-state index in [2.05, 4.69) is 30.9 Å². The molecule has 0 nitrogen and oxygen atoms in total. The van der Waals surface area contributed by atoms with Crippen LogP contribution < -0.4 is 0 Å². The maximum Gasteiger partial charge on any atom is 0.266 e. The minimum absolute atomic E-state index is 0.0966. The normalized spacial score (nSPS) is 11.4. The molecule has 2 aromatic rings. The summed E-state index contributed by atoms with van der Waals surface area (Å²) in [4.78, 5) is 0. The number of hydrogen-bond acceptors (Lipinski definition) is 0. The monoisotopic (exact) mass is 352 g/mol. The Morgan fingerprint density at radius 3 is 1.96 bits per heavy atom. The van der Waals surface area contributed by atoms with Gasteiger partial charge in [0.05, 0.1) is 0 Å². The summed E-state index contributed by atoms with van der Waals surface area (Å²) in [7, 11) is 0. The van der Waals surface area contributed by atoms with Gasteiger partial charge in [0.25, 0.3) is 5.92 Å². The van der Waals surface area contributed by atoms with Crippen LogP contribution >= 0.6 is 0 Å². The molecule has 0 spiro atoms. The molecule has 136 valence electrons. The van der Waals surface area contributed by atoms with Crippen LogP contribution in [0.4, 0.5) is 8.78 Å². The van der Waals surface area contributed by atoms with Gasteiger partial charge in [-0.05, 0) is 54.3 Å². The Labute approximate surface area is 156 Å². The third kappa shape index (κ3) is 6.84. The highest BCUT2D eigenvalue weighted by molar-refractivity contribution is 5.53. The lowest BCUT2D eigenvalue weighted by Crippen LogP contribution is -2.11. The highest BCUT2D eigenvalue weighted by Crippen LogP contribution is 2.24. The Bertz CT molecular complexity index is 757. The van der Waals surface area contributed by atoms with Crippen LogP contribution in [0.1, 0.15) is 61.8 Å². The van der Waals surface area contributed by atoms with Gasteiger partial charge in [-0.2, -0.15) is 0 Å². The SMILES string of the molecule is CCCCC(F)(F)/C=C/c1ccc(C#Cc2ccc(CCC)cc2)cc1. The van der Waals surface area contributed by atoms with Gasteiger partial charge in [-0.15, -0.1) is 0 Å². The topological polar surface area (TPSA) is 0 Å². The van der Waals surface area contributed by atoms with E-state index in [1.807, 2.05) is 43.3 Å². The third-order valence-electron chi connectivity index (χ3n) is 4.14. The first-order valence-electron chi connectivity index (χ1n) is 9.30. The number of halogens is 2. The Morgan fingerprint density at radius 2 is 1.42 bits per heavy atom. The van der Waals surface area contributed by atoms with E-state index in [9.17, 15) is 8.78 Å². The second-order valence-corrected chi connectivity index (χ2v) is 6.52. The summed E-state index contributed by atoms with van der Waals surface area (Å²) in [5.74, 6) is 3.52. The molecule has 0 radical (unpaired) electrons. The van der Waals surface area contributed by atoms with Crippen molar-refractivity contribution in [2.24, 2.45) is 0 Å². The van der Waals surface area contributed by atoms with Crippen LogP contribution in [0.3, 0.4) is 0 Å². The van der Waals surface area contributed by atoms with Crippen LogP contribution in [0.5, 0.6) is 0 Å². The molecule has 0 aliphatic rings. The predicted molar refractivity (Wildman–Crippen MR) is 106 cm³/mol. The zero-order valence-corrected chi connectivity index (χ0v) is 15.6. The molecule has 2 heteroatoms. The van der Waals surface area contributed by atoms with Crippen molar-refractivity contribution in [3.8, 4) is 11.8 Å². The van der Waals surface area contributed by atoms with Crippen LogP contribution in [0.15, 0.2) is 54.6 Å². The van der Waals surface area contributed by atoms with Crippen molar-refractivity contribution in [3.05, 3.63) is 76.9 Å². The number of hydrogen-bond donors (Lipinski definition) is 0. The van der Waals surface area contributed by atoms with Gasteiger partial charge in [-0.25, -0.2) is 8.78 Å². The Morgan fingerprint density at radius 1 is 0.846 bits per heavy atom. The largest absolute Gasteiger partial charge is 0.266 e. The molecule has 0 N–H and O–H groups in total. The summed E-state index contributed by atoms with van der Waals surface area (Å²) in [6, 6.07) is 15.7. The minimum Gasteiger partial charge on any atom is -0.202 e. The molecule has 0 bridgehead atoms. The lowest BCUT2D eigenvalue weighted by Gasteiger charge is -2.10. The van der Waals surface area contributed by atoms with E-state index >= 15 is 0 Å². The molecule has 0 unspecified atom stereocenters. The first kappa shape index (κ1) is 19.9. The van der Waals surface area contributed by atoms with Crippen LogP contribution in [0.25, 0.3) is 6.08 Å². The summed E-state index contributed by atoms with van der Waals surface area (Å²) >= 11 is 0. The molecule has 0 aliphatic heterocycles. The van der Waals surface area contributed by atoms with E-state index in [0.717, 1.165) is 42.0 Å². The molecule has 0 saturated carbocycles. The Kier molecular flexibility index (Phi) is 7.60. The third-order valence-corrected chi connectivity index (χ3v) is 4.14. The smallest absolute Gasteiger partial charge is 0.202 e. The maximum atomic E-state index is 13.7. The number of aryl methyl sites for hydroxylation is 1. The molecular formula is C24H26F2. The zero-order chi connectivity index (χ0) is 18.8. The first-order valence-corrected chi connectivity index (χ1v) is 9.30. The number of alkyl halides is 2. The zero-order valence-electron chi connectivity index (χ0n) is 15.6. The van der Waals surface area contributed by atoms with Crippen molar-refractivity contribution < 1.29 is 8.78 Å². The lowest BCUT2D eigenvalue weighted by molar-refractivity contribution is 0.0441. The van der Waals surface area contributed by atoms with Gasteiger partial charge >= 0.3 is 0 Å². The van der Waals surface area contributed by atoms with Gasteiger partial charge in [-0.1, -0.05) is 68.9 Å². The van der Waals surface area contributed by atoms with Crippen LogP contribution in [-0.4, -0.2) is 5.92 Å². The summed E-state index contributed by atoms with van der Waals surface area (Å²) in [5, 5.41) is 0. The van der Waals surface area contributed by atoms with E-state index in [1.165, 1.54) is 11.6 Å². The fourth-order valence-corrected chi connectivity index (χ4v) is 2.58. The predicted octanol–water partition coefficient (Wildman–Crippen LogP) is 6.88. The van der Waals surface area contributed by atoms with Crippen molar-refractivity contribution in [2.75, 3.05) is 0 Å². The maximum absolute atomic E-state index is 13.7. The quantitative estimate of drug-likeness (QED) is 0.477. The van der Waals surface area contributed by atoms with E-state index in [4.69, 9.17) is 0 Å². The number of unbranched alkanes of at least 4 members (excludes halogenated alkanes) is 1. The van der Waals surface area contributed by atoms with Crippen LogP contribution in [0, 0.1) is 11.8 Å². The molecule has 0 aliphatic carbocycles. The van der Waals surface area contributed by atoms with Crippen molar-refractivity contribution in [3.63, 3.8) is 0 Å². The second-order valence-electron chi connectivity index (χ2n) is 6.52. The lowest BCUT2D eigenvalue weighted by atomic mass is 10.1. The molecule has 2 aromatic carbocycles. The van der Waals surface area contributed by atoms with Gasteiger partial charge in [0.15, 0.2) is 0 Å². The van der Waals surface area contributed by atoms with Crippen LogP contribution in [0.2, 0.25) is 0 Å². The average molecular weight is 352 g/mol. The summed E-state index contributed by atoms with van der Waals surface area (Å²) in [5.41, 5.74) is 3.93. The highest BCUT2D eigenvalue weighted by Gasteiger charge is 2.23. The molecule has 0 atom stereocenters. The van der Waals surface area contributed by atoms with Crippen LogP contribution in [-0.2, 0) is 6.42 Å². The molecule has 2 rings (SSSR count). The van der Waals surface area contributed by atoms with Crippen molar-refractivity contribution in [1.29, 1.82) is 0 Å². The van der Waals surface area contributed by atoms with Gasteiger partial charge < -0.3 is 0 Å². The van der Waals surface area contributed by atoms with E-state index in [1.54, 1.807) is 0 Å². The fraction of sp³-hybridized carbons (Fsp3) is 0.333. The van der Waals surface area contributed by atoms with Gasteiger partial charge in [0.2, 0.25) is 0 Å². The van der Waals surface area contributed by atoms with E-state index in [-0.39, 0.29) is 6.42 Å². The summed E-state index contributed by atoms with van der Waals surface area (Å²) < 4.78 is 27.3. The fourth-order valence-electron chi connectivity index (χ4n) is 2.58. The van der Waals surface area contributed by atoms with E-state index < -0.39 is 5.92 Å². The van der Waals surface area contributed by atoms with Gasteiger partial charge in [-0.3, -0.25) is 0 Å². The summed E-state index contributed by atoms with van der Waals surface area (Å²) in [6.45, 7) is 4.08. The molecular weight excluding hydrogens is 326 g/mol. The number of allylic oxidation sites excluding steroid dienone is 1. The highest BCUT2D eigenvalue weighted by atomic mass is 19.3. The molecule has 0 aromatic heterocycles. The first-order chi connectivity index (χ1) is 12.5. The standard InChI is InChI=1S/C24H26F2/c1-3-5-18-24(25,26)19-17-23-15-13-22(14-16-23)12-11-21-9-7-20(6-4-2)8-10-21/h7-10,13-17,19H,3-6,18H2,1-2H3/b19-17+. The second kappa shape index (κ2) is 9.92. The average Bonchev–Trinajstić information content (AvgIpc) is 2.65. The molecule has 0 fully saturated rings. The van der Waals surface area contributed by atoms with Crippen molar-refractivity contribution >= 4 is 6.08 Å². The van der Waals surface area contributed by atoms with Gasteiger partial charge in [0.1, 0.15) is 0 Å². The number of benzene rings is 2. The minimum atomic E-state index is -2.74. The van der Waals surface area contributed by atoms with E-state index in [0.29, 0.717) is 6.42 Å². The van der Waals surface area contributed by atoms with Gasteiger partial charge in [0, 0.05) is 17.5 Å². The number of rotatable bonds is 7. The molecule has 26 heavy (non-hydrogen) atoms. The van der Waals surface area contributed by atoms with Crippen molar-refractivity contribution in [1.82, 2.24) is 0 Å². The molecule has 0 heterocycles. The van der Waals surface area contributed by atoms with Crippen molar-refractivity contribution in [2.45, 2.75) is 51.9 Å².